The zero-order valence-corrected chi connectivity index (χ0v) is 46.2. The minimum atomic E-state index is -0.831. The number of ether oxygens (including phenoxy) is 3. The van der Waals surface area contributed by atoms with Crippen LogP contribution in [-0.2, 0) is 28.6 Å². The number of esters is 3. The summed E-state index contributed by atoms with van der Waals surface area (Å²) < 4.78 is 16.7. The standard InChI is InChI=1S/C65H108O6/c1-4-7-10-13-16-19-22-24-26-27-28-29-30-31-32-33-34-35-36-37-39-40-43-46-49-52-55-58-64(67)70-61-62(60-69-63(66)57-54-51-48-45-42-21-18-15-12-9-6-3)71-65(68)59-56-53-50-47-44-41-38-25-23-20-17-14-11-8-5-2/h7-8,10-11,16-17,19-20,24-26,28-29,38,44,47,53,56,62H,4-6,9,12-15,18,21-23,27,30-37,39-43,45-46,48-52,54-55,57-61H2,1-3H3/b10-7-,11-8-,19-16-,20-17-,26-24-,29-28-,38-25-,47-44-,56-53-. The van der Waals surface area contributed by atoms with Crippen LogP contribution < -0.4 is 0 Å². The van der Waals surface area contributed by atoms with Crippen LogP contribution in [0.2, 0.25) is 0 Å². The van der Waals surface area contributed by atoms with E-state index in [2.05, 4.69) is 118 Å². The minimum absolute atomic E-state index is 0.0965. The summed E-state index contributed by atoms with van der Waals surface area (Å²) in [6.45, 7) is 6.33. The van der Waals surface area contributed by atoms with Crippen LogP contribution in [0.4, 0.5) is 0 Å². The maximum absolute atomic E-state index is 12.8. The molecule has 0 heterocycles. The Kier molecular flexibility index (Phi) is 55.4. The first kappa shape index (κ1) is 67.1. The molecular formula is C65H108O6. The highest BCUT2D eigenvalue weighted by Gasteiger charge is 2.19. The first-order valence-corrected chi connectivity index (χ1v) is 29.4. The molecule has 404 valence electrons. The van der Waals surface area contributed by atoms with Crippen molar-refractivity contribution >= 4 is 17.9 Å². The van der Waals surface area contributed by atoms with Crippen LogP contribution in [0.25, 0.3) is 0 Å². The molecule has 0 aliphatic carbocycles. The molecule has 0 radical (unpaired) electrons. The Morgan fingerprint density at radius 2 is 0.592 bits per heavy atom. The molecule has 0 aromatic heterocycles. The molecule has 0 fully saturated rings. The fraction of sp³-hybridized carbons (Fsp3) is 0.677. The van der Waals surface area contributed by atoms with E-state index in [-0.39, 0.29) is 31.6 Å². The number of rotatable bonds is 52. The third-order valence-electron chi connectivity index (χ3n) is 12.3. The van der Waals surface area contributed by atoms with Crippen molar-refractivity contribution < 1.29 is 28.6 Å². The molecule has 1 atom stereocenters. The monoisotopic (exact) mass is 985 g/mol. The molecule has 0 aromatic carbocycles. The molecule has 6 heteroatoms. The largest absolute Gasteiger partial charge is 0.462 e. The van der Waals surface area contributed by atoms with Crippen molar-refractivity contribution in [3.05, 3.63) is 109 Å². The van der Waals surface area contributed by atoms with Gasteiger partial charge in [0.25, 0.3) is 0 Å². The molecule has 0 aliphatic heterocycles. The van der Waals surface area contributed by atoms with Gasteiger partial charge >= 0.3 is 17.9 Å². The SMILES string of the molecule is CC/C=C\C/C=C\C/C=C\C/C=C\C/C=C\CC(=O)OC(COC(=O)CCCCCCCCCCCCC)COC(=O)CCCCCCCCCCCCCCCC/C=C\C/C=C\C/C=C\C/C=C\CC. The maximum atomic E-state index is 12.8. The Balaban J connectivity index is 4.30. The summed E-state index contributed by atoms with van der Waals surface area (Å²) in [6, 6.07) is 0. The van der Waals surface area contributed by atoms with E-state index >= 15 is 0 Å². The fourth-order valence-corrected chi connectivity index (χ4v) is 7.98. The van der Waals surface area contributed by atoms with Gasteiger partial charge in [-0.25, -0.2) is 0 Å². The Hall–Kier alpha value is -3.93. The van der Waals surface area contributed by atoms with Gasteiger partial charge in [-0.3, -0.25) is 14.4 Å². The van der Waals surface area contributed by atoms with Gasteiger partial charge in [-0.1, -0.05) is 271 Å². The second-order valence-corrected chi connectivity index (χ2v) is 19.2. The molecule has 1 unspecified atom stereocenters. The minimum Gasteiger partial charge on any atom is -0.462 e. The van der Waals surface area contributed by atoms with Crippen molar-refractivity contribution in [3.8, 4) is 0 Å². The summed E-state index contributed by atoms with van der Waals surface area (Å²) in [7, 11) is 0. The average Bonchev–Trinajstić information content (AvgIpc) is 3.37. The van der Waals surface area contributed by atoms with Crippen molar-refractivity contribution in [3.63, 3.8) is 0 Å². The topological polar surface area (TPSA) is 78.9 Å². The molecular weight excluding hydrogens is 877 g/mol. The maximum Gasteiger partial charge on any atom is 0.310 e. The number of carbonyl (C=O) groups excluding carboxylic acids is 3. The van der Waals surface area contributed by atoms with Crippen LogP contribution >= 0.6 is 0 Å². The summed E-state index contributed by atoms with van der Waals surface area (Å²) in [5.41, 5.74) is 0. The van der Waals surface area contributed by atoms with Crippen LogP contribution in [0.5, 0.6) is 0 Å². The van der Waals surface area contributed by atoms with E-state index in [1.165, 1.54) is 128 Å². The van der Waals surface area contributed by atoms with Crippen LogP contribution in [-0.4, -0.2) is 37.2 Å². The van der Waals surface area contributed by atoms with E-state index in [4.69, 9.17) is 14.2 Å². The summed E-state index contributed by atoms with van der Waals surface area (Å²) in [4.78, 5) is 38.0. The number of allylic oxidation sites excluding steroid dienone is 17. The van der Waals surface area contributed by atoms with Gasteiger partial charge in [0.15, 0.2) is 6.10 Å². The Morgan fingerprint density at radius 1 is 0.310 bits per heavy atom. The van der Waals surface area contributed by atoms with Crippen molar-refractivity contribution in [2.75, 3.05) is 13.2 Å². The van der Waals surface area contributed by atoms with Gasteiger partial charge in [-0.05, 0) is 83.5 Å². The van der Waals surface area contributed by atoms with Gasteiger partial charge in [-0.2, -0.15) is 0 Å². The molecule has 6 nitrogen and oxygen atoms in total. The van der Waals surface area contributed by atoms with Gasteiger partial charge in [0, 0.05) is 12.8 Å². The number of unbranched alkanes of at least 4 members (excludes halogenated alkanes) is 24. The molecule has 0 spiro atoms. The highest BCUT2D eigenvalue weighted by atomic mass is 16.6. The second-order valence-electron chi connectivity index (χ2n) is 19.2. The molecule has 0 saturated heterocycles. The molecule has 0 N–H and O–H groups in total. The van der Waals surface area contributed by atoms with E-state index in [0.717, 1.165) is 96.3 Å². The van der Waals surface area contributed by atoms with Crippen LogP contribution in [0.1, 0.15) is 265 Å². The van der Waals surface area contributed by atoms with Gasteiger partial charge in [-0.15, -0.1) is 0 Å². The van der Waals surface area contributed by atoms with Gasteiger partial charge in [0.05, 0.1) is 6.42 Å². The van der Waals surface area contributed by atoms with Crippen LogP contribution in [0, 0.1) is 0 Å². The lowest BCUT2D eigenvalue weighted by atomic mass is 10.0. The van der Waals surface area contributed by atoms with E-state index < -0.39 is 12.1 Å². The van der Waals surface area contributed by atoms with E-state index in [1.807, 2.05) is 6.08 Å². The Morgan fingerprint density at radius 3 is 0.930 bits per heavy atom. The molecule has 0 aromatic rings. The molecule has 0 bridgehead atoms. The first-order chi connectivity index (χ1) is 35.0. The van der Waals surface area contributed by atoms with E-state index in [1.54, 1.807) is 6.08 Å². The lowest BCUT2D eigenvalue weighted by molar-refractivity contribution is -0.166. The summed E-state index contributed by atoms with van der Waals surface area (Å²) in [5, 5.41) is 0. The summed E-state index contributed by atoms with van der Waals surface area (Å²) in [5.74, 6) is -1.04. The van der Waals surface area contributed by atoms with Gasteiger partial charge in [0.1, 0.15) is 13.2 Å². The highest BCUT2D eigenvalue weighted by Crippen LogP contribution is 2.16. The Bertz CT molecular complexity index is 1460. The van der Waals surface area contributed by atoms with Crippen molar-refractivity contribution in [1.29, 1.82) is 0 Å². The van der Waals surface area contributed by atoms with E-state index in [9.17, 15) is 14.4 Å². The molecule has 0 saturated carbocycles. The lowest BCUT2D eigenvalue weighted by Gasteiger charge is -2.18. The number of hydrogen-bond acceptors (Lipinski definition) is 6. The fourth-order valence-electron chi connectivity index (χ4n) is 7.98. The number of carbonyl (C=O) groups is 3. The van der Waals surface area contributed by atoms with Crippen LogP contribution in [0.15, 0.2) is 109 Å². The van der Waals surface area contributed by atoms with E-state index in [0.29, 0.717) is 12.8 Å². The Labute approximate surface area is 438 Å². The number of hydrogen-bond donors (Lipinski definition) is 0. The molecule has 0 aliphatic rings. The lowest BCUT2D eigenvalue weighted by Crippen LogP contribution is -2.30. The molecule has 0 amide bonds. The predicted octanol–water partition coefficient (Wildman–Crippen LogP) is 19.9. The van der Waals surface area contributed by atoms with Crippen molar-refractivity contribution in [2.24, 2.45) is 0 Å². The van der Waals surface area contributed by atoms with Crippen molar-refractivity contribution in [2.45, 2.75) is 271 Å². The highest BCUT2D eigenvalue weighted by molar-refractivity contribution is 5.72. The second kappa shape index (κ2) is 58.6. The predicted molar refractivity (Wildman–Crippen MR) is 307 cm³/mol. The third-order valence-corrected chi connectivity index (χ3v) is 12.3. The molecule has 71 heavy (non-hydrogen) atoms. The zero-order chi connectivity index (χ0) is 51.4. The summed E-state index contributed by atoms with van der Waals surface area (Å²) in [6.07, 6.45) is 79.8. The van der Waals surface area contributed by atoms with Gasteiger partial charge < -0.3 is 14.2 Å². The molecule has 0 rings (SSSR count). The third kappa shape index (κ3) is 56.9. The average molecular weight is 986 g/mol. The van der Waals surface area contributed by atoms with Crippen molar-refractivity contribution in [1.82, 2.24) is 0 Å². The van der Waals surface area contributed by atoms with Gasteiger partial charge in [0.2, 0.25) is 0 Å². The van der Waals surface area contributed by atoms with Crippen LogP contribution in [0.3, 0.4) is 0 Å². The summed E-state index contributed by atoms with van der Waals surface area (Å²) >= 11 is 0. The zero-order valence-electron chi connectivity index (χ0n) is 46.2. The normalized spacial score (nSPS) is 12.9. The first-order valence-electron chi connectivity index (χ1n) is 29.4. The quantitative estimate of drug-likeness (QED) is 0.0261. The smallest absolute Gasteiger partial charge is 0.310 e.